The predicted molar refractivity (Wildman–Crippen MR) is 72.5 cm³/mol. The molecule has 3 heteroatoms. The van der Waals surface area contributed by atoms with Crippen LogP contribution in [-0.2, 0) is 6.42 Å². The topological polar surface area (TPSA) is 29.5 Å². The SMILES string of the molecule is Cc1cc(Br)c(OCC2CCC2)c(CCO)c1. The Morgan fingerprint density at radius 1 is 1.41 bits per heavy atom. The number of rotatable bonds is 5. The molecule has 94 valence electrons. The smallest absolute Gasteiger partial charge is 0.136 e. The maximum Gasteiger partial charge on any atom is 0.136 e. The van der Waals surface area contributed by atoms with Gasteiger partial charge in [-0.2, -0.15) is 0 Å². The van der Waals surface area contributed by atoms with Gasteiger partial charge in [-0.1, -0.05) is 12.5 Å². The molecule has 1 aliphatic rings. The van der Waals surface area contributed by atoms with Crippen LogP contribution in [0.3, 0.4) is 0 Å². The molecule has 0 radical (unpaired) electrons. The highest BCUT2D eigenvalue weighted by Gasteiger charge is 2.19. The summed E-state index contributed by atoms with van der Waals surface area (Å²) in [6.45, 7) is 3.02. The van der Waals surface area contributed by atoms with Crippen molar-refractivity contribution in [1.29, 1.82) is 0 Å². The van der Waals surface area contributed by atoms with E-state index < -0.39 is 0 Å². The summed E-state index contributed by atoms with van der Waals surface area (Å²) in [5.41, 5.74) is 2.29. The molecule has 0 aromatic heterocycles. The van der Waals surface area contributed by atoms with E-state index in [2.05, 4.69) is 35.0 Å². The van der Waals surface area contributed by atoms with E-state index in [1.54, 1.807) is 0 Å². The van der Waals surface area contributed by atoms with Gasteiger partial charge in [0.1, 0.15) is 5.75 Å². The summed E-state index contributed by atoms with van der Waals surface area (Å²) >= 11 is 3.55. The highest BCUT2D eigenvalue weighted by Crippen LogP contribution is 2.33. The van der Waals surface area contributed by atoms with E-state index >= 15 is 0 Å². The summed E-state index contributed by atoms with van der Waals surface area (Å²) in [4.78, 5) is 0. The molecule has 0 atom stereocenters. The van der Waals surface area contributed by atoms with E-state index in [9.17, 15) is 0 Å². The van der Waals surface area contributed by atoms with Gasteiger partial charge >= 0.3 is 0 Å². The number of aliphatic hydroxyl groups excluding tert-OH is 1. The number of halogens is 1. The third kappa shape index (κ3) is 3.23. The highest BCUT2D eigenvalue weighted by molar-refractivity contribution is 9.10. The first-order valence-corrected chi connectivity index (χ1v) is 7.02. The standard InChI is InChI=1S/C14H19BrO2/c1-10-7-12(5-6-16)14(13(15)8-10)17-9-11-3-2-4-11/h7-8,11,16H,2-6,9H2,1H3. The van der Waals surface area contributed by atoms with Crippen LogP contribution in [0.25, 0.3) is 0 Å². The van der Waals surface area contributed by atoms with Crippen LogP contribution in [0.4, 0.5) is 0 Å². The minimum atomic E-state index is 0.162. The monoisotopic (exact) mass is 298 g/mol. The van der Waals surface area contributed by atoms with Gasteiger partial charge in [-0.15, -0.1) is 0 Å². The molecule has 1 saturated carbocycles. The molecular weight excluding hydrogens is 280 g/mol. The van der Waals surface area contributed by atoms with Gasteiger partial charge < -0.3 is 9.84 Å². The van der Waals surface area contributed by atoms with Crippen LogP contribution in [0.5, 0.6) is 5.75 Å². The summed E-state index contributed by atoms with van der Waals surface area (Å²) in [6.07, 6.45) is 4.57. The molecule has 0 spiro atoms. The fraction of sp³-hybridized carbons (Fsp3) is 0.571. The number of aliphatic hydroxyl groups is 1. The molecule has 0 aliphatic heterocycles. The maximum atomic E-state index is 9.09. The van der Waals surface area contributed by atoms with Crippen molar-refractivity contribution >= 4 is 15.9 Å². The first kappa shape index (κ1) is 12.9. The van der Waals surface area contributed by atoms with E-state index in [-0.39, 0.29) is 6.61 Å². The third-order valence-corrected chi connectivity index (χ3v) is 3.92. The Labute approximate surface area is 111 Å². The fourth-order valence-electron chi connectivity index (χ4n) is 2.13. The average Bonchev–Trinajstić information content (AvgIpc) is 2.19. The maximum absolute atomic E-state index is 9.09. The fourth-order valence-corrected chi connectivity index (χ4v) is 2.86. The second-order valence-electron chi connectivity index (χ2n) is 4.82. The zero-order valence-corrected chi connectivity index (χ0v) is 11.8. The van der Waals surface area contributed by atoms with Crippen molar-refractivity contribution in [3.63, 3.8) is 0 Å². The highest BCUT2D eigenvalue weighted by atomic mass is 79.9. The van der Waals surface area contributed by atoms with E-state index in [0.717, 1.165) is 28.3 Å². The van der Waals surface area contributed by atoms with Crippen molar-refractivity contribution in [2.75, 3.05) is 13.2 Å². The largest absolute Gasteiger partial charge is 0.492 e. The van der Waals surface area contributed by atoms with Crippen molar-refractivity contribution in [2.24, 2.45) is 5.92 Å². The Balaban J connectivity index is 2.11. The van der Waals surface area contributed by atoms with Gasteiger partial charge in [-0.25, -0.2) is 0 Å². The molecule has 0 amide bonds. The lowest BCUT2D eigenvalue weighted by atomic mass is 9.86. The lowest BCUT2D eigenvalue weighted by Crippen LogP contribution is -2.20. The molecule has 2 rings (SSSR count). The first-order chi connectivity index (χ1) is 8.20. The van der Waals surface area contributed by atoms with Crippen LogP contribution in [0.15, 0.2) is 16.6 Å². The van der Waals surface area contributed by atoms with E-state index in [1.807, 2.05) is 0 Å². The molecule has 2 nitrogen and oxygen atoms in total. The molecule has 0 heterocycles. The minimum Gasteiger partial charge on any atom is -0.492 e. The molecule has 17 heavy (non-hydrogen) atoms. The van der Waals surface area contributed by atoms with E-state index in [0.29, 0.717) is 6.42 Å². The quantitative estimate of drug-likeness (QED) is 0.902. The molecule has 1 N–H and O–H groups in total. The van der Waals surface area contributed by atoms with Crippen molar-refractivity contribution < 1.29 is 9.84 Å². The molecule has 0 saturated heterocycles. The van der Waals surface area contributed by atoms with Crippen LogP contribution in [0.1, 0.15) is 30.4 Å². The van der Waals surface area contributed by atoms with Gasteiger partial charge in [0, 0.05) is 6.61 Å². The van der Waals surface area contributed by atoms with Crippen molar-refractivity contribution in [3.05, 3.63) is 27.7 Å². The molecule has 1 aliphatic carbocycles. The number of benzene rings is 1. The summed E-state index contributed by atoms with van der Waals surface area (Å²) in [5.74, 6) is 1.64. The van der Waals surface area contributed by atoms with Gasteiger partial charge in [-0.3, -0.25) is 0 Å². The Morgan fingerprint density at radius 3 is 2.76 bits per heavy atom. The number of hydrogen-bond acceptors (Lipinski definition) is 2. The molecule has 0 unspecified atom stereocenters. The van der Waals surface area contributed by atoms with Gasteiger partial charge in [0.05, 0.1) is 11.1 Å². The van der Waals surface area contributed by atoms with E-state index in [4.69, 9.17) is 9.84 Å². The first-order valence-electron chi connectivity index (χ1n) is 6.23. The summed E-state index contributed by atoms with van der Waals surface area (Å²) in [6, 6.07) is 4.16. The zero-order valence-electron chi connectivity index (χ0n) is 10.2. The van der Waals surface area contributed by atoms with Crippen LogP contribution in [0.2, 0.25) is 0 Å². The summed E-state index contributed by atoms with van der Waals surface area (Å²) in [7, 11) is 0. The number of aryl methyl sites for hydroxylation is 1. The van der Waals surface area contributed by atoms with Gasteiger partial charge in [0.15, 0.2) is 0 Å². The Hall–Kier alpha value is -0.540. The van der Waals surface area contributed by atoms with Crippen LogP contribution >= 0.6 is 15.9 Å². The molecule has 1 aromatic carbocycles. The van der Waals surface area contributed by atoms with Crippen LogP contribution < -0.4 is 4.74 Å². The second-order valence-corrected chi connectivity index (χ2v) is 5.67. The Kier molecular flexibility index (Phi) is 4.46. The van der Waals surface area contributed by atoms with Gasteiger partial charge in [0.25, 0.3) is 0 Å². The van der Waals surface area contributed by atoms with Crippen LogP contribution in [-0.4, -0.2) is 18.3 Å². The molecular formula is C14H19BrO2. The molecule has 1 fully saturated rings. The number of hydrogen-bond donors (Lipinski definition) is 1. The van der Waals surface area contributed by atoms with E-state index in [1.165, 1.54) is 24.8 Å². The van der Waals surface area contributed by atoms with Crippen molar-refractivity contribution in [1.82, 2.24) is 0 Å². The Bertz CT molecular complexity index is 386. The predicted octanol–water partition coefficient (Wildman–Crippen LogP) is 3.47. The second kappa shape index (κ2) is 5.87. The lowest BCUT2D eigenvalue weighted by molar-refractivity contribution is 0.178. The molecule has 0 bridgehead atoms. The van der Waals surface area contributed by atoms with Crippen molar-refractivity contribution in [2.45, 2.75) is 32.6 Å². The lowest BCUT2D eigenvalue weighted by Gasteiger charge is -2.26. The van der Waals surface area contributed by atoms with Gasteiger partial charge in [-0.05, 0) is 65.2 Å². The van der Waals surface area contributed by atoms with Crippen LogP contribution in [0, 0.1) is 12.8 Å². The average molecular weight is 299 g/mol. The number of ether oxygens (including phenoxy) is 1. The normalized spacial score (nSPS) is 15.7. The third-order valence-electron chi connectivity index (χ3n) is 3.33. The summed E-state index contributed by atoms with van der Waals surface area (Å²) in [5, 5.41) is 9.09. The molecule has 1 aromatic rings. The summed E-state index contributed by atoms with van der Waals surface area (Å²) < 4.78 is 6.92. The minimum absolute atomic E-state index is 0.162. The Morgan fingerprint density at radius 2 is 2.18 bits per heavy atom. The van der Waals surface area contributed by atoms with Gasteiger partial charge in [0.2, 0.25) is 0 Å². The van der Waals surface area contributed by atoms with Crippen molar-refractivity contribution in [3.8, 4) is 5.75 Å². The zero-order chi connectivity index (χ0) is 12.3.